The van der Waals surface area contributed by atoms with Crippen molar-refractivity contribution in [2.24, 2.45) is 0 Å². The molecule has 0 spiro atoms. The van der Waals surface area contributed by atoms with Crippen LogP contribution in [0.25, 0.3) is 11.3 Å². The number of hydrogen-bond donors (Lipinski definition) is 2. The molecule has 1 aromatic heterocycles. The van der Waals surface area contributed by atoms with Crippen molar-refractivity contribution in [2.75, 3.05) is 19.6 Å². The second-order valence-electron chi connectivity index (χ2n) is 6.10. The van der Waals surface area contributed by atoms with Crippen LogP contribution in [0.3, 0.4) is 0 Å². The van der Waals surface area contributed by atoms with E-state index in [0.29, 0.717) is 38.2 Å². The molecule has 2 aromatic rings. The number of halogens is 3. The van der Waals surface area contributed by atoms with Gasteiger partial charge in [-0.3, -0.25) is 4.79 Å². The van der Waals surface area contributed by atoms with Gasteiger partial charge in [0.25, 0.3) is 0 Å². The summed E-state index contributed by atoms with van der Waals surface area (Å²) in [5, 5.41) is 15.0. The van der Waals surface area contributed by atoms with E-state index < -0.39 is 11.7 Å². The first-order valence-corrected chi connectivity index (χ1v) is 8.70. The summed E-state index contributed by atoms with van der Waals surface area (Å²) in [6.07, 6.45) is -3.20. The van der Waals surface area contributed by atoms with Crippen molar-refractivity contribution in [3.8, 4) is 17.3 Å². The summed E-state index contributed by atoms with van der Waals surface area (Å²) in [5.41, 5.74) is 0.379. The topological polar surface area (TPSA) is 90.7 Å². The van der Waals surface area contributed by atoms with E-state index in [4.69, 9.17) is 5.26 Å². The number of aromatic nitrogens is 2. The Labute approximate surface area is 160 Å². The number of benzene rings is 1. The second kappa shape index (κ2) is 9.80. The number of aryl methyl sites for hydroxylation is 1. The van der Waals surface area contributed by atoms with Gasteiger partial charge in [-0.05, 0) is 37.6 Å². The Balaban J connectivity index is 2.04. The van der Waals surface area contributed by atoms with Gasteiger partial charge in [0.05, 0.1) is 11.3 Å². The quantitative estimate of drug-likeness (QED) is 0.676. The Bertz CT molecular complexity index is 861. The highest BCUT2D eigenvalue weighted by Gasteiger charge is 2.30. The number of nitriles is 1. The Morgan fingerprint density at radius 3 is 2.64 bits per heavy atom. The molecule has 0 aliphatic heterocycles. The zero-order valence-corrected chi connectivity index (χ0v) is 15.3. The molecule has 0 bridgehead atoms. The summed E-state index contributed by atoms with van der Waals surface area (Å²) in [5.74, 6) is -0.169. The molecule has 1 heterocycles. The molecule has 2 rings (SSSR count). The van der Waals surface area contributed by atoms with Crippen LogP contribution < -0.4 is 10.6 Å². The molecule has 0 saturated heterocycles. The third-order valence-electron chi connectivity index (χ3n) is 3.83. The molecule has 28 heavy (non-hydrogen) atoms. The van der Waals surface area contributed by atoms with Crippen LogP contribution in [0.4, 0.5) is 13.2 Å². The Morgan fingerprint density at radius 2 is 1.96 bits per heavy atom. The number of hydrogen-bond acceptors (Lipinski definition) is 5. The van der Waals surface area contributed by atoms with Crippen LogP contribution in [0, 0.1) is 11.3 Å². The SMILES string of the molecule is CC(=O)NCCNCCCc1cc(-c2cccc(C(F)(F)F)c2)nc(C#N)n1. The number of carbonyl (C=O) groups is 1. The summed E-state index contributed by atoms with van der Waals surface area (Å²) >= 11 is 0. The lowest BCUT2D eigenvalue weighted by atomic mass is 10.1. The van der Waals surface area contributed by atoms with Crippen LogP contribution >= 0.6 is 0 Å². The van der Waals surface area contributed by atoms with Crippen molar-refractivity contribution in [1.82, 2.24) is 20.6 Å². The predicted octanol–water partition coefficient (Wildman–Crippen LogP) is 2.69. The minimum absolute atomic E-state index is 0.0801. The molecule has 0 fully saturated rings. The second-order valence-corrected chi connectivity index (χ2v) is 6.10. The van der Waals surface area contributed by atoms with Gasteiger partial charge in [0.2, 0.25) is 11.7 Å². The van der Waals surface area contributed by atoms with Crippen molar-refractivity contribution >= 4 is 5.91 Å². The monoisotopic (exact) mass is 391 g/mol. The standard InChI is InChI=1S/C19H20F3N5O/c1-13(28)25-9-8-24-7-3-6-16-11-17(27-18(12-23)26-16)14-4-2-5-15(10-14)19(20,21)22/h2,4-5,10-11,24H,3,6-9H2,1H3,(H,25,28). The van der Waals surface area contributed by atoms with Gasteiger partial charge in [-0.1, -0.05) is 12.1 Å². The summed E-state index contributed by atoms with van der Waals surface area (Å²) < 4.78 is 38.8. The molecule has 0 aliphatic carbocycles. The molecule has 6 nitrogen and oxygen atoms in total. The van der Waals surface area contributed by atoms with E-state index in [1.165, 1.54) is 19.1 Å². The minimum Gasteiger partial charge on any atom is -0.355 e. The van der Waals surface area contributed by atoms with Crippen molar-refractivity contribution in [1.29, 1.82) is 5.26 Å². The zero-order valence-electron chi connectivity index (χ0n) is 15.3. The van der Waals surface area contributed by atoms with Gasteiger partial charge >= 0.3 is 6.18 Å². The fourth-order valence-electron chi connectivity index (χ4n) is 2.52. The van der Waals surface area contributed by atoms with Crippen LogP contribution in [-0.2, 0) is 17.4 Å². The molecular weight excluding hydrogens is 371 g/mol. The molecular formula is C19H20F3N5O. The Hall–Kier alpha value is -2.99. The molecule has 0 unspecified atom stereocenters. The normalized spacial score (nSPS) is 11.1. The summed E-state index contributed by atoms with van der Waals surface area (Å²) in [7, 11) is 0. The zero-order chi connectivity index (χ0) is 20.6. The lowest BCUT2D eigenvalue weighted by Gasteiger charge is -2.10. The number of carbonyl (C=O) groups excluding carboxylic acids is 1. The van der Waals surface area contributed by atoms with Gasteiger partial charge < -0.3 is 10.6 Å². The number of amides is 1. The molecule has 9 heteroatoms. The fraction of sp³-hybridized carbons (Fsp3) is 0.368. The van der Waals surface area contributed by atoms with Crippen molar-refractivity contribution in [2.45, 2.75) is 25.9 Å². The maximum Gasteiger partial charge on any atom is 0.416 e. The minimum atomic E-state index is -4.45. The highest BCUT2D eigenvalue weighted by molar-refractivity contribution is 5.72. The first-order valence-electron chi connectivity index (χ1n) is 8.70. The molecule has 0 atom stereocenters. The first-order chi connectivity index (χ1) is 13.3. The van der Waals surface area contributed by atoms with Gasteiger partial charge in [-0.2, -0.15) is 18.4 Å². The number of rotatable bonds is 8. The third kappa shape index (κ3) is 6.63. The highest BCUT2D eigenvalue weighted by Crippen LogP contribution is 2.31. The van der Waals surface area contributed by atoms with Crippen LogP contribution in [0.1, 0.15) is 30.4 Å². The van der Waals surface area contributed by atoms with E-state index >= 15 is 0 Å². The van der Waals surface area contributed by atoms with E-state index in [-0.39, 0.29) is 23.0 Å². The van der Waals surface area contributed by atoms with Crippen LogP contribution in [-0.4, -0.2) is 35.5 Å². The van der Waals surface area contributed by atoms with Crippen molar-refractivity contribution in [3.05, 3.63) is 47.4 Å². The van der Waals surface area contributed by atoms with E-state index in [0.717, 1.165) is 12.1 Å². The van der Waals surface area contributed by atoms with E-state index in [2.05, 4.69) is 20.6 Å². The van der Waals surface area contributed by atoms with Gasteiger partial charge in [-0.15, -0.1) is 0 Å². The smallest absolute Gasteiger partial charge is 0.355 e. The largest absolute Gasteiger partial charge is 0.416 e. The summed E-state index contributed by atoms with van der Waals surface area (Å²) in [4.78, 5) is 18.9. The number of nitrogens with zero attached hydrogens (tertiary/aromatic N) is 3. The molecule has 1 aromatic carbocycles. The fourth-order valence-corrected chi connectivity index (χ4v) is 2.52. The summed E-state index contributed by atoms with van der Waals surface area (Å²) in [6, 6.07) is 8.29. The van der Waals surface area contributed by atoms with Gasteiger partial charge in [-0.25, -0.2) is 9.97 Å². The van der Waals surface area contributed by atoms with E-state index in [1.54, 1.807) is 6.07 Å². The van der Waals surface area contributed by atoms with Crippen molar-refractivity contribution in [3.63, 3.8) is 0 Å². The first kappa shape index (κ1) is 21.3. The van der Waals surface area contributed by atoms with Crippen LogP contribution in [0.5, 0.6) is 0 Å². The molecule has 2 N–H and O–H groups in total. The van der Waals surface area contributed by atoms with Crippen LogP contribution in [0.2, 0.25) is 0 Å². The maximum atomic E-state index is 12.9. The Kier molecular flexibility index (Phi) is 7.46. The predicted molar refractivity (Wildman–Crippen MR) is 97.1 cm³/mol. The lowest BCUT2D eigenvalue weighted by molar-refractivity contribution is -0.137. The van der Waals surface area contributed by atoms with Crippen molar-refractivity contribution < 1.29 is 18.0 Å². The molecule has 0 aliphatic rings. The molecule has 148 valence electrons. The molecule has 0 radical (unpaired) electrons. The average Bonchev–Trinajstić information content (AvgIpc) is 2.66. The molecule has 1 amide bonds. The number of alkyl halides is 3. The van der Waals surface area contributed by atoms with E-state index in [9.17, 15) is 18.0 Å². The number of nitrogens with one attached hydrogen (secondary N) is 2. The van der Waals surface area contributed by atoms with Gasteiger partial charge in [0.15, 0.2) is 0 Å². The lowest BCUT2D eigenvalue weighted by Crippen LogP contribution is -2.30. The molecule has 0 saturated carbocycles. The average molecular weight is 391 g/mol. The van der Waals surface area contributed by atoms with Gasteiger partial charge in [0.1, 0.15) is 6.07 Å². The third-order valence-corrected chi connectivity index (χ3v) is 3.83. The highest BCUT2D eigenvalue weighted by atomic mass is 19.4. The van der Waals surface area contributed by atoms with Crippen LogP contribution in [0.15, 0.2) is 30.3 Å². The maximum absolute atomic E-state index is 12.9. The van der Waals surface area contributed by atoms with Gasteiger partial charge in [0, 0.05) is 31.3 Å². The Morgan fingerprint density at radius 1 is 1.18 bits per heavy atom. The summed E-state index contributed by atoms with van der Waals surface area (Å²) in [6.45, 7) is 3.28. The van der Waals surface area contributed by atoms with E-state index in [1.807, 2.05) is 6.07 Å².